The molecule has 0 saturated carbocycles. The van der Waals surface area contributed by atoms with Gasteiger partial charge in [0.15, 0.2) is 46.0 Å². The number of hydrogen-bond donors (Lipinski definition) is 0. The van der Waals surface area contributed by atoms with Crippen LogP contribution in [0, 0.1) is 11.8 Å². The summed E-state index contributed by atoms with van der Waals surface area (Å²) in [5, 5.41) is 0. The van der Waals surface area contributed by atoms with Gasteiger partial charge in [-0.15, -0.1) is 0 Å². The number of likely N-dealkylation sites (N-methyl/N-ethyl adjacent to an activating group) is 2. The summed E-state index contributed by atoms with van der Waals surface area (Å²) in [6, 6.07) is 20.6. The van der Waals surface area contributed by atoms with Crippen LogP contribution in [0.1, 0.15) is 64.7 Å². The van der Waals surface area contributed by atoms with Gasteiger partial charge in [0.25, 0.3) is 0 Å². The Morgan fingerprint density at radius 1 is 0.523 bits per heavy atom. The van der Waals surface area contributed by atoms with Crippen molar-refractivity contribution in [1.29, 1.82) is 0 Å². The standard InChI is InChI=1S/C52H66N2O11/c1-53(24-20-37-31-48(61-7)50(63-9)33-40(37)42(53)27-35-14-17-44(57-3)46(29-35)59-5)22-11-13-39(55)16-19-52(56)65-26-12-23-54(2)25-21-38-32-49(62-8)51(64-10)34-41(38)43(54)28-36-15-18-45(58-4)47(30-36)60-6/h14-15,17-18,29-34,42-43H,11-13,20-28H2,1-10H3/q+2/t42-,43-,53-,54-/m1/s1. The molecule has 348 valence electrons. The molecule has 0 bridgehead atoms. The second-order valence-corrected chi connectivity index (χ2v) is 17.2. The Morgan fingerprint density at radius 3 is 1.35 bits per heavy atom. The summed E-state index contributed by atoms with van der Waals surface area (Å²) in [5.41, 5.74) is 7.05. The highest BCUT2D eigenvalue weighted by Crippen LogP contribution is 2.45. The number of quaternary nitrogens is 2. The first kappa shape index (κ1) is 48.4. The van der Waals surface area contributed by atoms with Crippen molar-refractivity contribution in [3.63, 3.8) is 0 Å². The largest absolute Gasteiger partial charge is 0.493 e. The van der Waals surface area contributed by atoms with Gasteiger partial charge in [-0.3, -0.25) is 4.79 Å². The number of rotatable bonds is 20. The van der Waals surface area contributed by atoms with Crippen molar-refractivity contribution in [3.05, 3.63) is 94.0 Å². The lowest BCUT2D eigenvalue weighted by molar-refractivity contribution is -0.941. The summed E-state index contributed by atoms with van der Waals surface area (Å²) in [6.45, 7) is 3.43. The molecular formula is C52H66N2O11+2. The predicted molar refractivity (Wildman–Crippen MR) is 248 cm³/mol. The molecule has 0 N–H and O–H groups in total. The number of hydrogen-bond acceptors (Lipinski definition) is 11. The molecule has 0 radical (unpaired) electrons. The Balaban J connectivity index is 1.08. The molecule has 4 aromatic carbocycles. The lowest BCUT2D eigenvalue weighted by Gasteiger charge is -2.46. The van der Waals surface area contributed by atoms with Crippen LogP contribution in [-0.2, 0) is 40.0 Å². The smallest absolute Gasteiger partial charge is 0.384 e. The molecule has 4 aromatic rings. The van der Waals surface area contributed by atoms with E-state index in [1.807, 2.05) is 24.3 Å². The van der Waals surface area contributed by atoms with Crippen molar-refractivity contribution >= 4 is 11.8 Å². The quantitative estimate of drug-likeness (QED) is 0.0222. The van der Waals surface area contributed by atoms with Gasteiger partial charge in [0.1, 0.15) is 12.1 Å². The summed E-state index contributed by atoms with van der Waals surface area (Å²) in [6.07, 6.45) is 4.62. The molecular weight excluding hydrogens is 829 g/mol. The van der Waals surface area contributed by atoms with Crippen LogP contribution in [0.5, 0.6) is 46.0 Å². The van der Waals surface area contributed by atoms with Crippen molar-refractivity contribution in [2.45, 2.75) is 57.0 Å². The second kappa shape index (κ2) is 21.7. The zero-order chi connectivity index (χ0) is 46.7. The van der Waals surface area contributed by atoms with Gasteiger partial charge in [-0.25, -0.2) is 4.79 Å². The maximum Gasteiger partial charge on any atom is 0.384 e. The third kappa shape index (κ3) is 11.1. The van der Waals surface area contributed by atoms with Gasteiger partial charge >= 0.3 is 5.97 Å². The van der Waals surface area contributed by atoms with Crippen LogP contribution in [0.2, 0.25) is 0 Å². The number of esters is 1. The first-order valence-corrected chi connectivity index (χ1v) is 22.2. The molecule has 2 aliphatic heterocycles. The minimum atomic E-state index is -0.699. The number of benzene rings is 4. The van der Waals surface area contributed by atoms with Crippen LogP contribution in [0.15, 0.2) is 60.7 Å². The summed E-state index contributed by atoms with van der Waals surface area (Å²) in [4.78, 5) is 25.9. The summed E-state index contributed by atoms with van der Waals surface area (Å²) in [7, 11) is 17.7. The minimum Gasteiger partial charge on any atom is -0.493 e. The highest BCUT2D eigenvalue weighted by molar-refractivity contribution is 6.01. The van der Waals surface area contributed by atoms with E-state index in [0.717, 1.165) is 67.5 Å². The van der Waals surface area contributed by atoms with Crippen molar-refractivity contribution in [1.82, 2.24) is 0 Å². The molecule has 4 atom stereocenters. The van der Waals surface area contributed by atoms with Crippen LogP contribution < -0.4 is 37.9 Å². The van der Waals surface area contributed by atoms with Gasteiger partial charge in [-0.05, 0) is 76.7 Å². The predicted octanol–water partition coefficient (Wildman–Crippen LogP) is 7.31. The van der Waals surface area contributed by atoms with Gasteiger partial charge in [-0.1, -0.05) is 12.1 Å². The van der Waals surface area contributed by atoms with Gasteiger partial charge < -0.3 is 51.6 Å². The number of fused-ring (bicyclic) bond motifs is 2. The molecule has 0 aromatic heterocycles. The molecule has 13 nitrogen and oxygen atoms in total. The topological polar surface area (TPSA) is 117 Å². The molecule has 0 fully saturated rings. The Hall–Kier alpha value is -6.10. The van der Waals surface area contributed by atoms with Crippen LogP contribution in [0.4, 0.5) is 0 Å². The fourth-order valence-corrected chi connectivity index (χ4v) is 9.73. The number of Topliss-reactive ketones (excluding diaryl/α,β-unsaturated/α-hetero) is 1. The van der Waals surface area contributed by atoms with E-state index < -0.39 is 5.97 Å². The fraction of sp³-hybridized carbons (Fsp3) is 0.462. The normalized spacial score (nSPS) is 19.6. The van der Waals surface area contributed by atoms with Gasteiger partial charge in [0.05, 0.1) is 104 Å². The molecule has 2 aliphatic rings. The summed E-state index contributed by atoms with van der Waals surface area (Å²) >= 11 is 0. The molecule has 6 rings (SSSR count). The molecule has 65 heavy (non-hydrogen) atoms. The average molecular weight is 895 g/mol. The fourth-order valence-electron chi connectivity index (χ4n) is 9.73. The number of carbonyl (C=O) groups excluding carboxylic acids is 2. The highest BCUT2D eigenvalue weighted by atomic mass is 16.5. The Bertz CT molecular complexity index is 2390. The summed E-state index contributed by atoms with van der Waals surface area (Å²) < 4.78 is 52.1. The van der Waals surface area contributed by atoms with E-state index in [4.69, 9.17) is 42.6 Å². The van der Waals surface area contributed by atoms with E-state index >= 15 is 0 Å². The minimum absolute atomic E-state index is 0.0599. The van der Waals surface area contributed by atoms with Crippen molar-refractivity contribution in [3.8, 4) is 57.8 Å². The highest BCUT2D eigenvalue weighted by Gasteiger charge is 2.41. The maximum atomic E-state index is 13.1. The van der Waals surface area contributed by atoms with E-state index in [2.05, 4.69) is 62.3 Å². The third-order valence-corrected chi connectivity index (χ3v) is 13.5. The zero-order valence-corrected chi connectivity index (χ0v) is 39.8. The van der Waals surface area contributed by atoms with E-state index in [1.54, 1.807) is 56.9 Å². The molecule has 0 aliphatic carbocycles. The van der Waals surface area contributed by atoms with Crippen molar-refractivity contribution in [2.75, 3.05) is 104 Å². The molecule has 13 heteroatoms. The Labute approximate surface area is 384 Å². The zero-order valence-electron chi connectivity index (χ0n) is 39.8. The third-order valence-electron chi connectivity index (χ3n) is 13.5. The molecule has 2 heterocycles. The average Bonchev–Trinajstić information content (AvgIpc) is 3.33. The molecule has 0 saturated heterocycles. The van der Waals surface area contributed by atoms with Crippen molar-refractivity contribution < 1.29 is 61.2 Å². The monoisotopic (exact) mass is 894 g/mol. The number of methoxy groups -OCH3 is 8. The molecule has 0 unspecified atom stereocenters. The number of nitrogens with zero attached hydrogens (tertiary/aromatic N) is 2. The van der Waals surface area contributed by atoms with E-state index in [1.165, 1.54) is 22.3 Å². The first-order chi connectivity index (χ1) is 31.4. The van der Waals surface area contributed by atoms with Crippen LogP contribution >= 0.6 is 0 Å². The van der Waals surface area contributed by atoms with Crippen molar-refractivity contribution in [2.24, 2.45) is 0 Å². The number of carbonyl (C=O) groups is 2. The first-order valence-electron chi connectivity index (χ1n) is 22.2. The van der Waals surface area contributed by atoms with E-state index in [9.17, 15) is 9.59 Å². The van der Waals surface area contributed by atoms with Gasteiger partial charge in [-0.2, -0.15) is 0 Å². The summed E-state index contributed by atoms with van der Waals surface area (Å²) in [5.74, 6) is 9.51. The molecule has 0 amide bonds. The van der Waals surface area contributed by atoms with Crippen LogP contribution in [0.3, 0.4) is 0 Å². The number of ketones is 1. The van der Waals surface area contributed by atoms with E-state index in [0.29, 0.717) is 63.3 Å². The Morgan fingerprint density at radius 2 is 0.923 bits per heavy atom. The Kier molecular flexibility index (Phi) is 16.2. The van der Waals surface area contributed by atoms with Gasteiger partial charge in [0.2, 0.25) is 5.78 Å². The number of ether oxygens (including phenoxy) is 9. The lowest BCUT2D eigenvalue weighted by atomic mass is 9.86. The van der Waals surface area contributed by atoms with Crippen LogP contribution in [0.25, 0.3) is 0 Å². The second-order valence-electron chi connectivity index (χ2n) is 17.2. The van der Waals surface area contributed by atoms with E-state index in [-0.39, 0.29) is 30.9 Å². The van der Waals surface area contributed by atoms with Gasteiger partial charge in [0, 0.05) is 62.0 Å². The molecule has 0 spiro atoms. The maximum absolute atomic E-state index is 13.1. The lowest BCUT2D eigenvalue weighted by Crippen LogP contribution is -2.52. The van der Waals surface area contributed by atoms with Crippen LogP contribution in [-0.4, -0.2) is 124 Å². The SMILES string of the molecule is COc1ccc(C[C@@H]2c3cc(OC)c(OC)cc3CC[N@@+]2(C)CCCOC(=O)C#CC(=O)CCC[N@+]2(C)CCc3cc(OC)c(OC)cc3[C@H]2Cc2ccc(OC)c(OC)c2)cc1OC.